The molecule has 17 heavy (non-hydrogen) atoms. The van der Waals surface area contributed by atoms with Gasteiger partial charge in [-0.2, -0.15) is 0 Å². The summed E-state index contributed by atoms with van der Waals surface area (Å²) in [4.78, 5) is 0. The number of benzene rings is 1. The lowest BCUT2D eigenvalue weighted by Crippen LogP contribution is -2.22. The second-order valence-corrected chi connectivity index (χ2v) is 7.63. The molecule has 1 aromatic heterocycles. The predicted octanol–water partition coefficient (Wildman–Crippen LogP) is 3.62. The molecule has 0 aliphatic rings. The maximum absolute atomic E-state index is 5.85. The fourth-order valence-corrected chi connectivity index (χ4v) is 2.63. The zero-order chi connectivity index (χ0) is 12.6. The van der Waals surface area contributed by atoms with Gasteiger partial charge in [0.1, 0.15) is 0 Å². The predicted molar refractivity (Wildman–Crippen MR) is 74.7 cm³/mol. The van der Waals surface area contributed by atoms with Gasteiger partial charge in [0.15, 0.2) is 0 Å². The monoisotopic (exact) mass is 246 g/mol. The van der Waals surface area contributed by atoms with Crippen LogP contribution in [0.1, 0.15) is 26.3 Å². The van der Waals surface area contributed by atoms with Gasteiger partial charge in [0.05, 0.1) is 5.52 Å². The molecule has 1 radical (unpaired) electrons. The molecular weight excluding hydrogens is 226 g/mol. The first kappa shape index (κ1) is 12.2. The van der Waals surface area contributed by atoms with Crippen molar-refractivity contribution in [2.45, 2.75) is 39.3 Å². The van der Waals surface area contributed by atoms with Gasteiger partial charge in [0.25, 0.3) is 0 Å². The molecule has 0 spiro atoms. The highest BCUT2D eigenvalue weighted by Crippen LogP contribution is 2.30. The van der Waals surface area contributed by atoms with Crippen molar-refractivity contribution in [2.75, 3.05) is 0 Å². The smallest absolute Gasteiger partial charge is 0.311 e. The zero-order valence-electron chi connectivity index (χ0n) is 11.2. The average molecular weight is 246 g/mol. The van der Waals surface area contributed by atoms with Gasteiger partial charge >= 0.3 is 9.04 Å². The normalized spacial score (nSPS) is 12.4. The van der Waals surface area contributed by atoms with Crippen molar-refractivity contribution in [1.29, 1.82) is 0 Å². The lowest BCUT2D eigenvalue weighted by atomic mass is 9.85. The Morgan fingerprint density at radius 3 is 2.41 bits per heavy atom. The zero-order valence-corrected chi connectivity index (χ0v) is 12.2. The Kier molecular flexibility index (Phi) is 3.04. The largest absolute Gasteiger partial charge is 0.469 e. The molecule has 0 N–H and O–H groups in total. The number of rotatable bonds is 2. The molecule has 0 amide bonds. The molecule has 2 nitrogen and oxygen atoms in total. The van der Waals surface area contributed by atoms with E-state index in [9.17, 15) is 0 Å². The first-order chi connectivity index (χ1) is 7.89. The van der Waals surface area contributed by atoms with Gasteiger partial charge in [-0.25, -0.2) is 4.73 Å². The van der Waals surface area contributed by atoms with Crippen molar-refractivity contribution in [3.05, 3.63) is 36.0 Å². The van der Waals surface area contributed by atoms with Crippen LogP contribution >= 0.6 is 0 Å². The molecule has 1 aromatic carbocycles. The first-order valence-corrected chi connectivity index (χ1v) is 8.39. The summed E-state index contributed by atoms with van der Waals surface area (Å²) in [6, 6.07) is 8.59. The van der Waals surface area contributed by atoms with Crippen molar-refractivity contribution < 1.29 is 4.53 Å². The summed E-state index contributed by atoms with van der Waals surface area (Å²) in [6.07, 6.45) is 2.03. The molecule has 0 atom stereocenters. The molecule has 0 aliphatic heterocycles. The molecule has 2 aromatic rings. The fraction of sp³-hybridized carbons (Fsp3) is 0.429. The minimum atomic E-state index is -0.732. The lowest BCUT2D eigenvalue weighted by molar-refractivity contribution is 0.296. The number of aromatic nitrogens is 1. The van der Waals surface area contributed by atoms with Crippen LogP contribution in [-0.4, -0.2) is 13.8 Å². The van der Waals surface area contributed by atoms with Crippen molar-refractivity contribution in [3.8, 4) is 0 Å². The highest BCUT2D eigenvalue weighted by atomic mass is 28.3. The third-order valence-corrected chi connectivity index (χ3v) is 3.35. The quantitative estimate of drug-likeness (QED) is 0.738. The molecule has 2 rings (SSSR count). The van der Waals surface area contributed by atoms with Crippen LogP contribution in [-0.2, 0) is 5.41 Å². The van der Waals surface area contributed by atoms with Gasteiger partial charge in [0.2, 0.25) is 0 Å². The molecule has 3 heteroatoms. The van der Waals surface area contributed by atoms with Crippen LogP contribution in [0.3, 0.4) is 0 Å². The van der Waals surface area contributed by atoms with E-state index in [0.29, 0.717) is 0 Å². The van der Waals surface area contributed by atoms with Crippen LogP contribution in [0.4, 0.5) is 0 Å². The minimum Gasteiger partial charge on any atom is -0.469 e. The number of hydrogen-bond acceptors (Lipinski definition) is 1. The second kappa shape index (κ2) is 4.22. The van der Waals surface area contributed by atoms with E-state index in [2.05, 4.69) is 58.1 Å². The molecular formula is C14H20NOSi. The Hall–Kier alpha value is -1.22. The van der Waals surface area contributed by atoms with Crippen LogP contribution < -0.4 is 4.53 Å². The molecule has 91 valence electrons. The number of hydrogen-bond donors (Lipinski definition) is 0. The Bertz CT molecular complexity index is 522. The van der Waals surface area contributed by atoms with E-state index in [0.717, 1.165) is 0 Å². The van der Waals surface area contributed by atoms with Crippen LogP contribution in [0.5, 0.6) is 0 Å². The Morgan fingerprint density at radius 2 is 1.82 bits per heavy atom. The summed E-state index contributed by atoms with van der Waals surface area (Å²) in [5, 5.41) is 1.29. The molecule has 0 fully saturated rings. The van der Waals surface area contributed by atoms with E-state index in [1.165, 1.54) is 16.5 Å². The molecule has 0 saturated heterocycles. The summed E-state index contributed by atoms with van der Waals surface area (Å²) >= 11 is 0. The van der Waals surface area contributed by atoms with Gasteiger partial charge in [-0.1, -0.05) is 32.9 Å². The second-order valence-electron chi connectivity index (χ2n) is 5.63. The molecule has 0 saturated carbocycles. The van der Waals surface area contributed by atoms with Crippen LogP contribution in [0.25, 0.3) is 10.9 Å². The van der Waals surface area contributed by atoms with Crippen molar-refractivity contribution >= 4 is 19.9 Å². The molecule has 0 aliphatic carbocycles. The van der Waals surface area contributed by atoms with Gasteiger partial charge in [-0.3, -0.25) is 0 Å². The summed E-state index contributed by atoms with van der Waals surface area (Å²) in [6.45, 7) is 11.0. The van der Waals surface area contributed by atoms with Crippen LogP contribution in [0.2, 0.25) is 13.1 Å². The maximum atomic E-state index is 5.85. The van der Waals surface area contributed by atoms with Crippen molar-refractivity contribution in [1.82, 2.24) is 4.73 Å². The van der Waals surface area contributed by atoms with Gasteiger partial charge in [-0.05, 0) is 36.2 Å². The van der Waals surface area contributed by atoms with Crippen LogP contribution in [0, 0.1) is 0 Å². The summed E-state index contributed by atoms with van der Waals surface area (Å²) < 4.78 is 7.77. The lowest BCUT2D eigenvalue weighted by Gasteiger charge is -2.20. The first-order valence-electron chi connectivity index (χ1n) is 5.98. The van der Waals surface area contributed by atoms with E-state index in [1.807, 2.05) is 10.9 Å². The Morgan fingerprint density at radius 1 is 1.12 bits per heavy atom. The summed E-state index contributed by atoms with van der Waals surface area (Å²) in [5.74, 6) is 0. The van der Waals surface area contributed by atoms with Crippen molar-refractivity contribution in [2.24, 2.45) is 0 Å². The topological polar surface area (TPSA) is 14.2 Å². The minimum absolute atomic E-state index is 0.165. The van der Waals surface area contributed by atoms with E-state index < -0.39 is 9.04 Å². The van der Waals surface area contributed by atoms with Gasteiger partial charge < -0.3 is 4.53 Å². The highest BCUT2D eigenvalue weighted by molar-refractivity contribution is 6.48. The van der Waals surface area contributed by atoms with E-state index in [1.54, 1.807) is 0 Å². The van der Waals surface area contributed by atoms with Crippen LogP contribution in [0.15, 0.2) is 30.5 Å². The third-order valence-electron chi connectivity index (χ3n) is 2.79. The molecule has 1 heterocycles. The number of fused-ring (bicyclic) bond motifs is 1. The SMILES string of the molecule is C[Si](C)On1ccc2c(C(C)(C)C)cccc21. The Balaban J connectivity index is 2.57. The van der Waals surface area contributed by atoms with E-state index in [-0.39, 0.29) is 5.41 Å². The Labute approximate surface area is 105 Å². The van der Waals surface area contributed by atoms with Gasteiger partial charge in [0, 0.05) is 11.6 Å². The molecule has 0 unspecified atom stereocenters. The van der Waals surface area contributed by atoms with Gasteiger partial charge in [-0.15, -0.1) is 0 Å². The fourth-order valence-electron chi connectivity index (χ4n) is 2.07. The summed E-state index contributed by atoms with van der Waals surface area (Å²) in [5.41, 5.74) is 2.71. The summed E-state index contributed by atoms with van der Waals surface area (Å²) in [7, 11) is -0.732. The average Bonchev–Trinajstić information content (AvgIpc) is 2.59. The standard InChI is InChI=1S/C14H20NOSi/c1-14(2,3)12-7-6-8-13-11(12)9-10-15(13)16-17(4)5/h6-10H,1-5H3. The van der Waals surface area contributed by atoms with E-state index in [4.69, 9.17) is 4.53 Å². The molecule has 0 bridgehead atoms. The van der Waals surface area contributed by atoms with Crippen molar-refractivity contribution in [3.63, 3.8) is 0 Å². The third kappa shape index (κ3) is 2.39. The number of nitrogens with zero attached hydrogens (tertiary/aromatic N) is 1. The maximum Gasteiger partial charge on any atom is 0.311 e. The highest BCUT2D eigenvalue weighted by Gasteiger charge is 2.18. The van der Waals surface area contributed by atoms with E-state index >= 15 is 0 Å².